The van der Waals surface area contributed by atoms with Gasteiger partial charge in [0.1, 0.15) is 5.82 Å². The molecule has 0 aliphatic heterocycles. The third-order valence-corrected chi connectivity index (χ3v) is 3.22. The largest absolute Gasteiger partial charge is 0.324 e. The Morgan fingerprint density at radius 1 is 1.16 bits per heavy atom. The second-order valence-corrected chi connectivity index (χ2v) is 4.57. The van der Waals surface area contributed by atoms with Gasteiger partial charge in [0.2, 0.25) is 5.95 Å². The zero-order valence-corrected chi connectivity index (χ0v) is 10.8. The van der Waals surface area contributed by atoms with Crippen LogP contribution >= 0.6 is 0 Å². The molecule has 96 valence electrons. The molecule has 3 nitrogen and oxygen atoms in total. The molecule has 0 atom stereocenters. The van der Waals surface area contributed by atoms with Crippen molar-refractivity contribution in [3.63, 3.8) is 0 Å². The predicted molar refractivity (Wildman–Crippen MR) is 75.3 cm³/mol. The van der Waals surface area contributed by atoms with Gasteiger partial charge in [0.15, 0.2) is 0 Å². The molecule has 0 spiro atoms. The van der Waals surface area contributed by atoms with Gasteiger partial charge in [0.25, 0.3) is 0 Å². The lowest BCUT2D eigenvalue weighted by Gasteiger charge is -2.16. The van der Waals surface area contributed by atoms with E-state index in [-0.39, 0.29) is 5.82 Å². The number of halogens is 1. The van der Waals surface area contributed by atoms with Crippen LogP contribution in [0.3, 0.4) is 0 Å². The number of H-pyrrole nitrogens is 1. The van der Waals surface area contributed by atoms with Gasteiger partial charge < -0.3 is 9.88 Å². The van der Waals surface area contributed by atoms with E-state index < -0.39 is 0 Å². The maximum Gasteiger partial charge on any atom is 0.208 e. The van der Waals surface area contributed by atoms with Crippen molar-refractivity contribution in [2.45, 2.75) is 6.92 Å². The topological polar surface area (TPSA) is 31.9 Å². The van der Waals surface area contributed by atoms with E-state index in [0.29, 0.717) is 5.56 Å². The van der Waals surface area contributed by atoms with Crippen LogP contribution in [0.1, 0.15) is 5.56 Å². The number of hydrogen-bond acceptors (Lipinski definition) is 2. The highest BCUT2D eigenvalue weighted by molar-refractivity contribution is 5.78. The van der Waals surface area contributed by atoms with Gasteiger partial charge in [-0.2, -0.15) is 0 Å². The summed E-state index contributed by atoms with van der Waals surface area (Å²) in [6.45, 7) is 1.76. The van der Waals surface area contributed by atoms with Crippen LogP contribution in [-0.2, 0) is 0 Å². The van der Waals surface area contributed by atoms with Crippen LogP contribution in [-0.4, -0.2) is 17.0 Å². The molecule has 1 aromatic heterocycles. The number of aryl methyl sites for hydroxylation is 1. The van der Waals surface area contributed by atoms with E-state index in [0.717, 1.165) is 22.7 Å². The van der Waals surface area contributed by atoms with Crippen molar-refractivity contribution >= 4 is 22.7 Å². The molecule has 0 aliphatic carbocycles. The SMILES string of the molecule is Cc1cc(N(C)c2nc3ccccc3[nH]2)ccc1F. The van der Waals surface area contributed by atoms with Crippen LogP contribution in [0.15, 0.2) is 42.5 Å². The standard InChI is InChI=1S/C15H14FN3/c1-10-9-11(7-8-12(10)16)19(2)15-17-13-5-3-4-6-14(13)18-15/h3-9H,1-2H3,(H,17,18). The molecule has 3 aromatic rings. The van der Waals surface area contributed by atoms with Crippen LogP contribution in [0.25, 0.3) is 11.0 Å². The van der Waals surface area contributed by atoms with Crippen molar-refractivity contribution in [3.05, 3.63) is 53.8 Å². The number of benzene rings is 2. The Bertz CT molecular complexity index is 700. The van der Waals surface area contributed by atoms with Crippen molar-refractivity contribution in [2.24, 2.45) is 0 Å². The molecule has 0 fully saturated rings. The van der Waals surface area contributed by atoms with Gasteiger partial charge >= 0.3 is 0 Å². The van der Waals surface area contributed by atoms with Gasteiger partial charge in [-0.25, -0.2) is 9.37 Å². The first-order valence-corrected chi connectivity index (χ1v) is 6.10. The molecule has 4 heteroatoms. The van der Waals surface area contributed by atoms with E-state index in [1.165, 1.54) is 6.07 Å². The van der Waals surface area contributed by atoms with Crippen molar-refractivity contribution in [1.82, 2.24) is 9.97 Å². The summed E-state index contributed by atoms with van der Waals surface area (Å²) in [7, 11) is 1.91. The molecule has 3 rings (SSSR count). The Morgan fingerprint density at radius 3 is 2.68 bits per heavy atom. The average Bonchev–Trinajstić information content (AvgIpc) is 2.85. The highest BCUT2D eigenvalue weighted by atomic mass is 19.1. The highest BCUT2D eigenvalue weighted by Crippen LogP contribution is 2.25. The zero-order valence-electron chi connectivity index (χ0n) is 10.8. The van der Waals surface area contributed by atoms with Crippen LogP contribution in [0, 0.1) is 12.7 Å². The summed E-state index contributed by atoms with van der Waals surface area (Å²) in [6.07, 6.45) is 0. The molecule has 0 amide bonds. The van der Waals surface area contributed by atoms with Gasteiger partial charge in [-0.1, -0.05) is 12.1 Å². The maximum atomic E-state index is 13.3. The van der Waals surface area contributed by atoms with Crippen LogP contribution in [0.2, 0.25) is 0 Å². The van der Waals surface area contributed by atoms with Crippen molar-refractivity contribution in [2.75, 3.05) is 11.9 Å². The van der Waals surface area contributed by atoms with E-state index in [4.69, 9.17) is 0 Å². The van der Waals surface area contributed by atoms with Crippen molar-refractivity contribution in [3.8, 4) is 0 Å². The molecule has 0 radical (unpaired) electrons. The lowest BCUT2D eigenvalue weighted by atomic mass is 10.2. The fourth-order valence-corrected chi connectivity index (χ4v) is 2.06. The second-order valence-electron chi connectivity index (χ2n) is 4.57. The summed E-state index contributed by atoms with van der Waals surface area (Å²) in [5, 5.41) is 0. The maximum absolute atomic E-state index is 13.3. The van der Waals surface area contributed by atoms with Gasteiger partial charge in [0, 0.05) is 12.7 Å². The van der Waals surface area contributed by atoms with Crippen molar-refractivity contribution in [1.29, 1.82) is 0 Å². The molecule has 0 aliphatic rings. The lowest BCUT2D eigenvalue weighted by molar-refractivity contribution is 0.618. The zero-order chi connectivity index (χ0) is 13.4. The number of nitrogens with one attached hydrogen (secondary N) is 1. The number of para-hydroxylation sites is 2. The van der Waals surface area contributed by atoms with Crippen molar-refractivity contribution < 1.29 is 4.39 Å². The number of nitrogens with zero attached hydrogens (tertiary/aromatic N) is 2. The lowest BCUT2D eigenvalue weighted by Crippen LogP contribution is -2.11. The monoisotopic (exact) mass is 255 g/mol. The number of aromatic amines is 1. The third-order valence-electron chi connectivity index (χ3n) is 3.22. The first-order valence-electron chi connectivity index (χ1n) is 6.10. The quantitative estimate of drug-likeness (QED) is 0.755. The number of fused-ring (bicyclic) bond motifs is 1. The smallest absolute Gasteiger partial charge is 0.208 e. The van der Waals surface area contributed by atoms with E-state index in [2.05, 4.69) is 9.97 Å². The van der Waals surface area contributed by atoms with Crippen LogP contribution in [0.5, 0.6) is 0 Å². The number of anilines is 2. The number of hydrogen-bond donors (Lipinski definition) is 1. The van der Waals surface area contributed by atoms with Crippen LogP contribution < -0.4 is 4.90 Å². The van der Waals surface area contributed by atoms with Gasteiger partial charge in [-0.05, 0) is 42.8 Å². The first kappa shape index (κ1) is 11.7. The molecule has 19 heavy (non-hydrogen) atoms. The predicted octanol–water partition coefficient (Wildman–Crippen LogP) is 3.78. The molecule has 2 aromatic carbocycles. The Balaban J connectivity index is 2.02. The molecule has 1 heterocycles. The van der Waals surface area contributed by atoms with E-state index in [1.54, 1.807) is 13.0 Å². The van der Waals surface area contributed by atoms with E-state index >= 15 is 0 Å². The summed E-state index contributed by atoms with van der Waals surface area (Å²) in [5.74, 6) is 0.550. The minimum atomic E-state index is -0.193. The molecule has 0 unspecified atom stereocenters. The van der Waals surface area contributed by atoms with Gasteiger partial charge in [-0.3, -0.25) is 0 Å². The summed E-state index contributed by atoms with van der Waals surface area (Å²) in [5.41, 5.74) is 3.43. The van der Waals surface area contributed by atoms with Gasteiger partial charge in [0.05, 0.1) is 11.0 Å². The Hall–Kier alpha value is -2.36. The molecule has 0 saturated heterocycles. The normalized spacial score (nSPS) is 10.9. The molecule has 1 N–H and O–H groups in total. The molecular formula is C15H14FN3. The molecular weight excluding hydrogens is 241 g/mol. The highest BCUT2D eigenvalue weighted by Gasteiger charge is 2.10. The number of imidazole rings is 1. The first-order chi connectivity index (χ1) is 9.15. The molecule has 0 saturated carbocycles. The minimum Gasteiger partial charge on any atom is -0.324 e. The minimum absolute atomic E-state index is 0.193. The third kappa shape index (κ3) is 2.05. The molecule has 0 bridgehead atoms. The second kappa shape index (κ2) is 4.39. The fraction of sp³-hybridized carbons (Fsp3) is 0.133. The Morgan fingerprint density at radius 2 is 1.95 bits per heavy atom. The van der Waals surface area contributed by atoms with Gasteiger partial charge in [-0.15, -0.1) is 0 Å². The summed E-state index contributed by atoms with van der Waals surface area (Å²) < 4.78 is 13.3. The fourth-order valence-electron chi connectivity index (χ4n) is 2.06. The average molecular weight is 255 g/mol. The summed E-state index contributed by atoms with van der Waals surface area (Å²) in [4.78, 5) is 9.68. The number of aromatic nitrogens is 2. The van der Waals surface area contributed by atoms with Crippen LogP contribution in [0.4, 0.5) is 16.0 Å². The van der Waals surface area contributed by atoms with E-state index in [9.17, 15) is 4.39 Å². The summed E-state index contributed by atoms with van der Waals surface area (Å²) in [6, 6.07) is 12.9. The summed E-state index contributed by atoms with van der Waals surface area (Å²) >= 11 is 0. The Labute approximate surface area is 110 Å². The van der Waals surface area contributed by atoms with E-state index in [1.807, 2.05) is 42.3 Å². The number of rotatable bonds is 2. The Kier molecular flexibility index (Phi) is 2.71.